The molecule has 2 aromatic rings. The Balaban J connectivity index is 2.33. The number of nitriles is 1. The van der Waals surface area contributed by atoms with Gasteiger partial charge in [0.05, 0.1) is 4.92 Å². The zero-order valence-corrected chi connectivity index (χ0v) is 11.7. The second-order valence-corrected chi connectivity index (χ2v) is 4.63. The van der Waals surface area contributed by atoms with Crippen molar-refractivity contribution in [2.45, 2.75) is 19.8 Å². The van der Waals surface area contributed by atoms with Crippen molar-refractivity contribution < 1.29 is 4.92 Å². The molecule has 21 heavy (non-hydrogen) atoms. The lowest BCUT2D eigenvalue weighted by Gasteiger charge is -2.11. The number of nitro groups is 1. The number of anilines is 2. The number of nitrogens with zero attached hydrogens (tertiary/aromatic N) is 2. The number of benzene rings is 2. The summed E-state index contributed by atoms with van der Waals surface area (Å²) in [5.41, 5.74) is 2.68. The SMILES string of the molecule is CCCc1ccccc1Nc1ccc([N+](=O)[O-])c(C#N)c1. The number of hydrogen-bond acceptors (Lipinski definition) is 4. The van der Waals surface area contributed by atoms with Crippen LogP contribution in [0.15, 0.2) is 42.5 Å². The maximum absolute atomic E-state index is 10.8. The van der Waals surface area contributed by atoms with Crippen LogP contribution in [-0.4, -0.2) is 4.92 Å². The molecule has 0 aliphatic rings. The highest BCUT2D eigenvalue weighted by atomic mass is 16.6. The number of nitro benzene ring substituents is 1. The summed E-state index contributed by atoms with van der Waals surface area (Å²) in [5.74, 6) is 0. The largest absolute Gasteiger partial charge is 0.355 e. The lowest BCUT2D eigenvalue weighted by molar-refractivity contribution is -0.385. The minimum Gasteiger partial charge on any atom is -0.355 e. The smallest absolute Gasteiger partial charge is 0.287 e. The second-order valence-electron chi connectivity index (χ2n) is 4.63. The first-order valence-electron chi connectivity index (χ1n) is 6.69. The number of para-hydroxylation sites is 1. The zero-order valence-electron chi connectivity index (χ0n) is 11.7. The Morgan fingerprint density at radius 3 is 2.71 bits per heavy atom. The van der Waals surface area contributed by atoms with Crippen LogP contribution in [0.1, 0.15) is 24.5 Å². The molecule has 0 aliphatic heterocycles. The minimum atomic E-state index is -0.548. The molecule has 0 saturated carbocycles. The summed E-state index contributed by atoms with van der Waals surface area (Å²) in [4.78, 5) is 10.3. The van der Waals surface area contributed by atoms with Gasteiger partial charge in [0.25, 0.3) is 5.69 Å². The van der Waals surface area contributed by atoms with E-state index in [9.17, 15) is 10.1 Å². The van der Waals surface area contributed by atoms with Gasteiger partial charge in [-0.05, 0) is 30.2 Å². The van der Waals surface area contributed by atoms with Crippen LogP contribution in [0.2, 0.25) is 0 Å². The van der Waals surface area contributed by atoms with Crippen molar-refractivity contribution in [3.8, 4) is 6.07 Å². The highest BCUT2D eigenvalue weighted by Gasteiger charge is 2.14. The molecule has 0 unspecified atom stereocenters. The topological polar surface area (TPSA) is 79.0 Å². The fourth-order valence-electron chi connectivity index (χ4n) is 2.15. The lowest BCUT2D eigenvalue weighted by Crippen LogP contribution is -1.98. The van der Waals surface area contributed by atoms with Gasteiger partial charge in [0.2, 0.25) is 0 Å². The van der Waals surface area contributed by atoms with Crippen LogP contribution in [0, 0.1) is 21.4 Å². The fraction of sp³-hybridized carbons (Fsp3) is 0.188. The predicted octanol–water partition coefficient (Wildman–Crippen LogP) is 4.16. The minimum absolute atomic E-state index is 0.0537. The van der Waals surface area contributed by atoms with Crippen LogP contribution in [0.3, 0.4) is 0 Å². The zero-order chi connectivity index (χ0) is 15.2. The molecule has 0 aliphatic carbocycles. The van der Waals surface area contributed by atoms with Gasteiger partial charge in [-0.25, -0.2) is 0 Å². The molecule has 0 bridgehead atoms. The molecule has 0 spiro atoms. The summed E-state index contributed by atoms with van der Waals surface area (Å²) < 4.78 is 0. The van der Waals surface area contributed by atoms with E-state index in [1.165, 1.54) is 17.7 Å². The molecule has 5 heteroatoms. The third-order valence-corrected chi connectivity index (χ3v) is 3.13. The second kappa shape index (κ2) is 6.53. The molecule has 106 valence electrons. The first-order valence-corrected chi connectivity index (χ1v) is 6.69. The van der Waals surface area contributed by atoms with Crippen LogP contribution in [-0.2, 0) is 6.42 Å². The van der Waals surface area contributed by atoms with E-state index in [-0.39, 0.29) is 11.3 Å². The summed E-state index contributed by atoms with van der Waals surface area (Å²) in [6.45, 7) is 2.11. The summed E-state index contributed by atoms with van der Waals surface area (Å²) in [5, 5.41) is 23.1. The molecule has 0 radical (unpaired) electrons. The van der Waals surface area contributed by atoms with E-state index >= 15 is 0 Å². The van der Waals surface area contributed by atoms with E-state index in [1.54, 1.807) is 6.07 Å². The van der Waals surface area contributed by atoms with E-state index < -0.39 is 4.92 Å². The summed E-state index contributed by atoms with van der Waals surface area (Å²) in [6.07, 6.45) is 1.98. The molecular weight excluding hydrogens is 266 g/mol. The van der Waals surface area contributed by atoms with Gasteiger partial charge >= 0.3 is 0 Å². The molecule has 0 atom stereocenters. The number of hydrogen-bond donors (Lipinski definition) is 1. The Hall–Kier alpha value is -2.87. The normalized spacial score (nSPS) is 9.90. The molecular formula is C16H15N3O2. The highest BCUT2D eigenvalue weighted by molar-refractivity contribution is 5.67. The van der Waals surface area contributed by atoms with Crippen molar-refractivity contribution in [2.75, 3.05) is 5.32 Å². The summed E-state index contributed by atoms with van der Waals surface area (Å²) in [7, 11) is 0. The van der Waals surface area contributed by atoms with E-state index in [1.807, 2.05) is 30.3 Å². The number of rotatable bonds is 5. The molecule has 0 fully saturated rings. The predicted molar refractivity (Wildman–Crippen MR) is 81.5 cm³/mol. The third-order valence-electron chi connectivity index (χ3n) is 3.13. The molecule has 0 amide bonds. The first kappa shape index (κ1) is 14.5. The van der Waals surface area contributed by atoms with Crippen LogP contribution in [0.5, 0.6) is 0 Å². The summed E-state index contributed by atoms with van der Waals surface area (Å²) in [6, 6.07) is 14.2. The molecule has 0 saturated heterocycles. The van der Waals surface area contributed by atoms with E-state index in [0.29, 0.717) is 5.69 Å². The van der Waals surface area contributed by atoms with Crippen molar-refractivity contribution in [3.63, 3.8) is 0 Å². The highest BCUT2D eigenvalue weighted by Crippen LogP contribution is 2.26. The third kappa shape index (κ3) is 3.37. The maximum Gasteiger partial charge on any atom is 0.287 e. The average Bonchev–Trinajstić information content (AvgIpc) is 2.49. The van der Waals surface area contributed by atoms with Crippen molar-refractivity contribution >= 4 is 17.1 Å². The standard InChI is InChI=1S/C16H15N3O2/c1-2-5-12-6-3-4-7-15(12)18-14-8-9-16(19(20)21)13(10-14)11-17/h3-4,6-10,18H,2,5H2,1H3. The van der Waals surface area contributed by atoms with Crippen LogP contribution >= 0.6 is 0 Å². The van der Waals surface area contributed by atoms with Gasteiger partial charge in [0, 0.05) is 17.4 Å². The Labute approximate surface area is 123 Å². The van der Waals surface area contributed by atoms with Crippen molar-refractivity contribution in [1.29, 1.82) is 5.26 Å². The average molecular weight is 281 g/mol. The summed E-state index contributed by atoms with van der Waals surface area (Å²) >= 11 is 0. The Kier molecular flexibility index (Phi) is 4.52. The van der Waals surface area contributed by atoms with Crippen LogP contribution in [0.25, 0.3) is 0 Å². The fourth-order valence-corrected chi connectivity index (χ4v) is 2.15. The van der Waals surface area contributed by atoms with Gasteiger partial charge < -0.3 is 5.32 Å². The number of nitrogens with one attached hydrogen (secondary N) is 1. The lowest BCUT2D eigenvalue weighted by atomic mass is 10.1. The van der Waals surface area contributed by atoms with Gasteiger partial charge in [-0.3, -0.25) is 10.1 Å². The van der Waals surface area contributed by atoms with Crippen LogP contribution in [0.4, 0.5) is 17.1 Å². The number of aryl methyl sites for hydroxylation is 1. The van der Waals surface area contributed by atoms with Crippen molar-refractivity contribution in [3.05, 3.63) is 63.7 Å². The Morgan fingerprint density at radius 1 is 1.29 bits per heavy atom. The monoisotopic (exact) mass is 281 g/mol. The Bertz CT molecular complexity index is 705. The van der Waals surface area contributed by atoms with Crippen molar-refractivity contribution in [2.24, 2.45) is 0 Å². The van der Waals surface area contributed by atoms with Gasteiger partial charge in [-0.1, -0.05) is 31.5 Å². The van der Waals surface area contributed by atoms with Crippen LogP contribution < -0.4 is 5.32 Å². The molecule has 2 rings (SSSR count). The van der Waals surface area contributed by atoms with E-state index in [0.717, 1.165) is 18.5 Å². The molecule has 5 nitrogen and oxygen atoms in total. The van der Waals surface area contributed by atoms with E-state index in [4.69, 9.17) is 5.26 Å². The van der Waals surface area contributed by atoms with Gasteiger partial charge in [-0.15, -0.1) is 0 Å². The van der Waals surface area contributed by atoms with Gasteiger partial charge in [0.15, 0.2) is 0 Å². The quantitative estimate of drug-likeness (QED) is 0.659. The molecule has 2 aromatic carbocycles. The maximum atomic E-state index is 10.8. The molecule has 0 aromatic heterocycles. The van der Waals surface area contributed by atoms with Crippen molar-refractivity contribution in [1.82, 2.24) is 0 Å². The molecule has 1 N–H and O–H groups in total. The van der Waals surface area contributed by atoms with E-state index in [2.05, 4.69) is 12.2 Å². The first-order chi connectivity index (χ1) is 10.2. The van der Waals surface area contributed by atoms with Gasteiger partial charge in [0.1, 0.15) is 11.6 Å². The molecule has 0 heterocycles. The van der Waals surface area contributed by atoms with Gasteiger partial charge in [-0.2, -0.15) is 5.26 Å². The Morgan fingerprint density at radius 2 is 2.05 bits per heavy atom.